The molecule has 0 amide bonds. The van der Waals surface area contributed by atoms with Crippen LogP contribution in [0.25, 0.3) is 43.8 Å². The molecule has 5 rings (SSSR count). The summed E-state index contributed by atoms with van der Waals surface area (Å²) >= 11 is 1.64. The van der Waals surface area contributed by atoms with Gasteiger partial charge in [-0.25, -0.2) is 15.0 Å². The van der Waals surface area contributed by atoms with Crippen molar-refractivity contribution in [2.24, 2.45) is 0 Å². The van der Waals surface area contributed by atoms with Crippen LogP contribution in [0.3, 0.4) is 0 Å². The standard InChI is InChI=1S/C20H14N4OS/c1-25-14-4-2-3-13(7-14)17-10-22-20-19(24-17)15(9-21-20)12-5-6-16-18(8-12)26-11-23-16/h2-11H,1H3,(H,21,22). The zero-order valence-electron chi connectivity index (χ0n) is 13.9. The van der Waals surface area contributed by atoms with Gasteiger partial charge in [0.2, 0.25) is 0 Å². The molecule has 0 aliphatic carbocycles. The van der Waals surface area contributed by atoms with E-state index in [0.29, 0.717) is 0 Å². The Morgan fingerprint density at radius 1 is 1.04 bits per heavy atom. The summed E-state index contributed by atoms with van der Waals surface area (Å²) < 4.78 is 6.48. The van der Waals surface area contributed by atoms with Crippen LogP contribution in [0.5, 0.6) is 5.75 Å². The van der Waals surface area contributed by atoms with Gasteiger partial charge < -0.3 is 9.72 Å². The third-order valence-electron chi connectivity index (χ3n) is 4.39. The number of nitrogens with one attached hydrogen (secondary N) is 1. The van der Waals surface area contributed by atoms with E-state index in [1.54, 1.807) is 24.6 Å². The molecular formula is C20H14N4OS. The third-order valence-corrected chi connectivity index (χ3v) is 5.18. The van der Waals surface area contributed by atoms with E-state index in [2.05, 4.69) is 27.1 Å². The molecule has 1 N–H and O–H groups in total. The highest BCUT2D eigenvalue weighted by molar-refractivity contribution is 7.16. The van der Waals surface area contributed by atoms with Crippen LogP contribution in [0, 0.1) is 0 Å². The summed E-state index contributed by atoms with van der Waals surface area (Å²) in [5.41, 5.74) is 8.44. The van der Waals surface area contributed by atoms with Crippen molar-refractivity contribution in [3.63, 3.8) is 0 Å². The van der Waals surface area contributed by atoms with E-state index in [1.165, 1.54) is 0 Å². The fraction of sp³-hybridized carbons (Fsp3) is 0.0500. The Kier molecular flexibility index (Phi) is 3.43. The molecule has 5 aromatic rings. The van der Waals surface area contributed by atoms with E-state index in [0.717, 1.165) is 49.5 Å². The minimum atomic E-state index is 0.774. The second-order valence-corrected chi connectivity index (χ2v) is 6.81. The van der Waals surface area contributed by atoms with Crippen molar-refractivity contribution in [1.82, 2.24) is 19.9 Å². The summed E-state index contributed by atoms with van der Waals surface area (Å²) in [4.78, 5) is 17.0. The average Bonchev–Trinajstić information content (AvgIpc) is 3.33. The first-order chi connectivity index (χ1) is 12.8. The molecule has 6 heteroatoms. The minimum Gasteiger partial charge on any atom is -0.497 e. The molecule has 0 spiro atoms. The minimum absolute atomic E-state index is 0.774. The fourth-order valence-corrected chi connectivity index (χ4v) is 3.77. The summed E-state index contributed by atoms with van der Waals surface area (Å²) in [6, 6.07) is 14.1. The molecule has 26 heavy (non-hydrogen) atoms. The van der Waals surface area contributed by atoms with Crippen molar-refractivity contribution in [1.29, 1.82) is 0 Å². The lowest BCUT2D eigenvalue weighted by Gasteiger charge is -2.05. The molecule has 0 saturated carbocycles. The summed E-state index contributed by atoms with van der Waals surface area (Å²) in [5.74, 6) is 0.800. The quantitative estimate of drug-likeness (QED) is 0.498. The smallest absolute Gasteiger partial charge is 0.156 e. The van der Waals surface area contributed by atoms with Crippen LogP contribution in [-0.2, 0) is 0 Å². The first-order valence-corrected chi connectivity index (χ1v) is 9.02. The Labute approximate surface area is 153 Å². The van der Waals surface area contributed by atoms with E-state index < -0.39 is 0 Å². The molecule has 0 unspecified atom stereocenters. The SMILES string of the molecule is COc1cccc(-c2cnc3[nH]cc(-c4ccc5ncsc5c4)c3n2)c1. The number of nitrogens with zero attached hydrogens (tertiary/aromatic N) is 3. The molecule has 0 atom stereocenters. The van der Waals surface area contributed by atoms with Crippen LogP contribution in [-0.4, -0.2) is 27.0 Å². The van der Waals surface area contributed by atoms with Gasteiger partial charge in [-0.05, 0) is 29.8 Å². The average molecular weight is 358 g/mol. The molecule has 3 heterocycles. The number of aromatic amines is 1. The number of hydrogen-bond donors (Lipinski definition) is 1. The molecule has 2 aromatic carbocycles. The lowest BCUT2D eigenvalue weighted by Crippen LogP contribution is -1.89. The zero-order valence-corrected chi connectivity index (χ0v) is 14.7. The number of hydrogen-bond acceptors (Lipinski definition) is 5. The van der Waals surface area contributed by atoms with E-state index >= 15 is 0 Å². The van der Waals surface area contributed by atoms with Gasteiger partial charge in [-0.3, -0.25) is 0 Å². The van der Waals surface area contributed by atoms with Crippen molar-refractivity contribution in [3.8, 4) is 28.1 Å². The van der Waals surface area contributed by atoms with Gasteiger partial charge in [-0.15, -0.1) is 11.3 Å². The van der Waals surface area contributed by atoms with Crippen molar-refractivity contribution in [3.05, 3.63) is 60.4 Å². The highest BCUT2D eigenvalue weighted by atomic mass is 32.1. The lowest BCUT2D eigenvalue weighted by molar-refractivity contribution is 0.415. The van der Waals surface area contributed by atoms with Gasteiger partial charge in [-0.1, -0.05) is 18.2 Å². The molecule has 0 bridgehead atoms. The lowest BCUT2D eigenvalue weighted by atomic mass is 10.1. The molecule has 0 saturated heterocycles. The summed E-state index contributed by atoms with van der Waals surface area (Å²) in [6.45, 7) is 0. The summed E-state index contributed by atoms with van der Waals surface area (Å²) in [6.07, 6.45) is 3.74. The summed E-state index contributed by atoms with van der Waals surface area (Å²) in [5, 5.41) is 0. The van der Waals surface area contributed by atoms with Gasteiger partial charge in [0.25, 0.3) is 0 Å². The van der Waals surface area contributed by atoms with Gasteiger partial charge in [0.1, 0.15) is 11.3 Å². The number of ether oxygens (including phenoxy) is 1. The predicted octanol–water partition coefficient (Wildman–Crippen LogP) is 4.91. The second-order valence-electron chi connectivity index (χ2n) is 5.92. The normalized spacial score (nSPS) is 11.3. The Morgan fingerprint density at radius 2 is 2.00 bits per heavy atom. The number of H-pyrrole nitrogens is 1. The van der Waals surface area contributed by atoms with Crippen LogP contribution in [0.4, 0.5) is 0 Å². The van der Waals surface area contributed by atoms with Crippen molar-refractivity contribution < 1.29 is 4.74 Å². The maximum atomic E-state index is 5.32. The number of thiazole rings is 1. The van der Waals surface area contributed by atoms with E-state index in [4.69, 9.17) is 9.72 Å². The molecule has 0 fully saturated rings. The van der Waals surface area contributed by atoms with Gasteiger partial charge >= 0.3 is 0 Å². The van der Waals surface area contributed by atoms with Gasteiger partial charge in [-0.2, -0.15) is 0 Å². The van der Waals surface area contributed by atoms with Gasteiger partial charge in [0.05, 0.1) is 34.7 Å². The number of fused-ring (bicyclic) bond motifs is 2. The van der Waals surface area contributed by atoms with Crippen LogP contribution >= 0.6 is 11.3 Å². The highest BCUT2D eigenvalue weighted by Gasteiger charge is 2.12. The fourth-order valence-electron chi connectivity index (χ4n) is 3.06. The van der Waals surface area contributed by atoms with Crippen LogP contribution in [0.1, 0.15) is 0 Å². The van der Waals surface area contributed by atoms with Gasteiger partial charge in [0.15, 0.2) is 5.65 Å². The van der Waals surface area contributed by atoms with Crippen molar-refractivity contribution in [2.45, 2.75) is 0 Å². The Balaban J connectivity index is 1.67. The van der Waals surface area contributed by atoms with Crippen molar-refractivity contribution >= 4 is 32.7 Å². The van der Waals surface area contributed by atoms with Crippen LogP contribution in [0.2, 0.25) is 0 Å². The second kappa shape index (κ2) is 5.93. The molecule has 0 aliphatic heterocycles. The van der Waals surface area contributed by atoms with Crippen molar-refractivity contribution in [2.75, 3.05) is 7.11 Å². The maximum absolute atomic E-state index is 5.32. The number of aromatic nitrogens is 4. The Morgan fingerprint density at radius 3 is 2.92 bits per heavy atom. The first kappa shape index (κ1) is 15.0. The van der Waals surface area contributed by atoms with Crippen LogP contribution in [0.15, 0.2) is 60.4 Å². The number of benzene rings is 2. The van der Waals surface area contributed by atoms with Gasteiger partial charge in [0, 0.05) is 17.3 Å². The zero-order chi connectivity index (χ0) is 17.5. The van der Waals surface area contributed by atoms with E-state index in [1.807, 2.05) is 42.0 Å². The van der Waals surface area contributed by atoms with E-state index in [9.17, 15) is 0 Å². The Bertz CT molecular complexity index is 1240. The third kappa shape index (κ3) is 2.43. The largest absolute Gasteiger partial charge is 0.497 e. The maximum Gasteiger partial charge on any atom is 0.156 e. The monoisotopic (exact) mass is 358 g/mol. The molecule has 126 valence electrons. The number of rotatable bonds is 3. The predicted molar refractivity (Wildman–Crippen MR) is 104 cm³/mol. The van der Waals surface area contributed by atoms with Crippen LogP contribution < -0.4 is 4.74 Å². The highest BCUT2D eigenvalue weighted by Crippen LogP contribution is 2.31. The molecule has 5 nitrogen and oxygen atoms in total. The molecular weight excluding hydrogens is 344 g/mol. The molecule has 0 aliphatic rings. The topological polar surface area (TPSA) is 63.7 Å². The molecule has 3 aromatic heterocycles. The van der Waals surface area contributed by atoms with E-state index in [-0.39, 0.29) is 0 Å². The number of methoxy groups -OCH3 is 1. The molecule has 0 radical (unpaired) electrons. The summed E-state index contributed by atoms with van der Waals surface area (Å²) in [7, 11) is 1.66. The first-order valence-electron chi connectivity index (χ1n) is 8.14. The Hall–Kier alpha value is -3.25.